The monoisotopic (exact) mass is 495 g/mol. The Morgan fingerprint density at radius 2 is 1.97 bits per heavy atom. The van der Waals surface area contributed by atoms with Crippen molar-refractivity contribution in [2.45, 2.75) is 63.8 Å². The van der Waals surface area contributed by atoms with Gasteiger partial charge in [0.05, 0.1) is 37.1 Å². The molecule has 2 aliphatic rings. The number of benzene rings is 1. The molecule has 2 fully saturated rings. The average molecular weight is 496 g/mol. The Kier molecular flexibility index (Phi) is 7.71. The molecule has 0 aliphatic carbocycles. The largest absolute Gasteiger partial charge is 0.389 e. The van der Waals surface area contributed by atoms with Crippen molar-refractivity contribution in [3.05, 3.63) is 47.5 Å². The standard InChI is InChI=1S/C27H34FN5O3/c1-16(2)25-18(11-29-19-4-3-8-35-14-19)12-30-22-6-5-17(10-20(22)25)26-21(28)13-31-27(33-26)32-23-7-9-36-15-24(23)34/h5-6,10,12-13,16,19,23-24,29,34H,3-4,7-9,11,14-15H2,1-2H3,(H,31,32,33)/t19-,23+,24+/m0/s1. The molecule has 192 valence electrons. The van der Waals surface area contributed by atoms with E-state index in [-0.39, 0.29) is 30.2 Å². The molecule has 1 aromatic carbocycles. The minimum Gasteiger partial charge on any atom is -0.389 e. The second-order valence-corrected chi connectivity index (χ2v) is 9.95. The highest BCUT2D eigenvalue weighted by atomic mass is 19.1. The Morgan fingerprint density at radius 3 is 2.75 bits per heavy atom. The molecule has 0 radical (unpaired) electrons. The number of anilines is 1. The van der Waals surface area contributed by atoms with Gasteiger partial charge in [0, 0.05) is 42.9 Å². The quantitative estimate of drug-likeness (QED) is 0.455. The summed E-state index contributed by atoms with van der Waals surface area (Å²) in [5, 5.41) is 17.9. The number of aromatic nitrogens is 3. The number of nitrogens with one attached hydrogen (secondary N) is 2. The summed E-state index contributed by atoms with van der Waals surface area (Å²) in [6.07, 6.45) is 5.26. The highest BCUT2D eigenvalue weighted by Gasteiger charge is 2.25. The van der Waals surface area contributed by atoms with E-state index in [4.69, 9.17) is 14.5 Å². The molecular formula is C27H34FN5O3. The van der Waals surface area contributed by atoms with Gasteiger partial charge in [-0.05, 0) is 48.4 Å². The first-order chi connectivity index (χ1) is 17.5. The zero-order valence-corrected chi connectivity index (χ0v) is 20.8. The molecule has 0 amide bonds. The molecule has 8 nitrogen and oxygen atoms in total. The molecule has 3 atom stereocenters. The van der Waals surface area contributed by atoms with Gasteiger partial charge < -0.3 is 25.2 Å². The molecule has 0 unspecified atom stereocenters. The van der Waals surface area contributed by atoms with E-state index in [1.165, 1.54) is 11.8 Å². The zero-order chi connectivity index (χ0) is 25.1. The highest BCUT2D eigenvalue weighted by molar-refractivity contribution is 5.88. The Hall–Kier alpha value is -2.72. The SMILES string of the molecule is CC(C)c1c(CN[C@H]2CCCOC2)cnc2ccc(-c3nc(N[C@@H]4CCOC[C@H]4O)ncc3F)cc12. The van der Waals surface area contributed by atoms with Gasteiger partial charge in [-0.25, -0.2) is 14.4 Å². The zero-order valence-electron chi connectivity index (χ0n) is 20.8. The smallest absolute Gasteiger partial charge is 0.223 e. The van der Waals surface area contributed by atoms with Gasteiger partial charge in [0.25, 0.3) is 0 Å². The molecule has 0 saturated carbocycles. The predicted octanol–water partition coefficient (Wildman–Crippen LogP) is 3.78. The van der Waals surface area contributed by atoms with Crippen LogP contribution in [0, 0.1) is 5.82 Å². The maximum Gasteiger partial charge on any atom is 0.223 e. The Morgan fingerprint density at radius 1 is 1.11 bits per heavy atom. The van der Waals surface area contributed by atoms with Gasteiger partial charge in [0.2, 0.25) is 5.95 Å². The van der Waals surface area contributed by atoms with Crippen molar-refractivity contribution in [3.8, 4) is 11.3 Å². The topological polar surface area (TPSA) is 101 Å². The average Bonchev–Trinajstić information content (AvgIpc) is 2.89. The lowest BCUT2D eigenvalue weighted by Gasteiger charge is -2.28. The predicted molar refractivity (Wildman–Crippen MR) is 136 cm³/mol. The van der Waals surface area contributed by atoms with Crippen LogP contribution in [0.5, 0.6) is 0 Å². The first kappa shape index (κ1) is 25.0. The third-order valence-corrected chi connectivity index (χ3v) is 6.97. The summed E-state index contributed by atoms with van der Waals surface area (Å²) in [7, 11) is 0. The van der Waals surface area contributed by atoms with Crippen LogP contribution in [0.25, 0.3) is 22.2 Å². The molecule has 9 heteroatoms. The molecule has 0 bridgehead atoms. The fourth-order valence-corrected chi connectivity index (χ4v) is 5.08. The fourth-order valence-electron chi connectivity index (χ4n) is 5.08. The third-order valence-electron chi connectivity index (χ3n) is 6.97. The summed E-state index contributed by atoms with van der Waals surface area (Å²) in [5.41, 5.74) is 4.08. The van der Waals surface area contributed by atoms with Crippen molar-refractivity contribution in [1.82, 2.24) is 20.3 Å². The van der Waals surface area contributed by atoms with Gasteiger partial charge in [0.1, 0.15) is 5.69 Å². The lowest BCUT2D eigenvalue weighted by molar-refractivity contribution is -0.0136. The highest BCUT2D eigenvalue weighted by Crippen LogP contribution is 2.32. The number of fused-ring (bicyclic) bond motifs is 1. The molecule has 5 rings (SSSR count). The third kappa shape index (κ3) is 5.49. The summed E-state index contributed by atoms with van der Waals surface area (Å²) < 4.78 is 25.8. The first-order valence-electron chi connectivity index (χ1n) is 12.8. The summed E-state index contributed by atoms with van der Waals surface area (Å²) in [6.45, 7) is 7.41. The summed E-state index contributed by atoms with van der Waals surface area (Å²) >= 11 is 0. The Balaban J connectivity index is 1.46. The van der Waals surface area contributed by atoms with Crippen LogP contribution in [-0.4, -0.2) is 64.7 Å². The van der Waals surface area contributed by atoms with Crippen molar-refractivity contribution < 1.29 is 19.0 Å². The molecule has 3 aromatic rings. The maximum atomic E-state index is 14.9. The Bertz CT molecular complexity index is 1200. The van der Waals surface area contributed by atoms with Gasteiger partial charge in [-0.15, -0.1) is 0 Å². The van der Waals surface area contributed by atoms with Gasteiger partial charge in [-0.1, -0.05) is 19.9 Å². The van der Waals surface area contributed by atoms with Crippen LogP contribution in [0.2, 0.25) is 0 Å². The molecule has 2 aliphatic heterocycles. The maximum absolute atomic E-state index is 14.9. The van der Waals surface area contributed by atoms with E-state index < -0.39 is 11.9 Å². The second-order valence-electron chi connectivity index (χ2n) is 9.95. The van der Waals surface area contributed by atoms with Crippen LogP contribution in [-0.2, 0) is 16.0 Å². The molecule has 2 aromatic heterocycles. The van der Waals surface area contributed by atoms with E-state index in [1.54, 1.807) is 0 Å². The molecule has 2 saturated heterocycles. The van der Waals surface area contributed by atoms with E-state index in [1.807, 2.05) is 24.4 Å². The minimum absolute atomic E-state index is 0.216. The number of aliphatic hydroxyl groups is 1. The molecule has 36 heavy (non-hydrogen) atoms. The van der Waals surface area contributed by atoms with Crippen molar-refractivity contribution in [2.75, 3.05) is 31.7 Å². The number of hydrogen-bond acceptors (Lipinski definition) is 8. The molecule has 3 N–H and O–H groups in total. The summed E-state index contributed by atoms with van der Waals surface area (Å²) in [6, 6.07) is 5.84. The van der Waals surface area contributed by atoms with Crippen molar-refractivity contribution >= 4 is 16.9 Å². The number of aliphatic hydroxyl groups excluding tert-OH is 1. The number of nitrogens with zero attached hydrogens (tertiary/aromatic N) is 3. The van der Waals surface area contributed by atoms with Gasteiger partial charge in [-0.3, -0.25) is 4.98 Å². The second kappa shape index (κ2) is 11.1. The van der Waals surface area contributed by atoms with Gasteiger partial charge in [-0.2, -0.15) is 0 Å². The van der Waals surface area contributed by atoms with Crippen LogP contribution >= 0.6 is 0 Å². The lowest BCUT2D eigenvalue weighted by atomic mass is 9.92. The van der Waals surface area contributed by atoms with Crippen LogP contribution in [0.1, 0.15) is 50.2 Å². The van der Waals surface area contributed by atoms with Crippen LogP contribution < -0.4 is 10.6 Å². The number of hydrogen-bond donors (Lipinski definition) is 3. The van der Waals surface area contributed by atoms with Crippen LogP contribution in [0.4, 0.5) is 10.3 Å². The minimum atomic E-state index is -0.664. The van der Waals surface area contributed by atoms with E-state index in [9.17, 15) is 9.50 Å². The van der Waals surface area contributed by atoms with Crippen molar-refractivity contribution in [2.24, 2.45) is 0 Å². The lowest BCUT2D eigenvalue weighted by Crippen LogP contribution is -2.42. The molecule has 4 heterocycles. The number of rotatable bonds is 7. The van der Waals surface area contributed by atoms with E-state index in [2.05, 4.69) is 34.4 Å². The molecular weight excluding hydrogens is 461 g/mol. The Labute approximate surface area is 210 Å². The molecule has 0 spiro atoms. The van der Waals surface area contributed by atoms with E-state index >= 15 is 0 Å². The number of halogens is 1. The van der Waals surface area contributed by atoms with E-state index in [0.29, 0.717) is 31.2 Å². The number of pyridine rings is 1. The normalized spacial score (nSPS) is 22.8. The number of ether oxygens (including phenoxy) is 2. The summed E-state index contributed by atoms with van der Waals surface area (Å²) in [5.74, 6) is 0.0431. The summed E-state index contributed by atoms with van der Waals surface area (Å²) in [4.78, 5) is 13.3. The van der Waals surface area contributed by atoms with Crippen molar-refractivity contribution in [3.63, 3.8) is 0 Å². The first-order valence-corrected chi connectivity index (χ1v) is 12.8. The van der Waals surface area contributed by atoms with E-state index in [0.717, 1.165) is 42.5 Å². The van der Waals surface area contributed by atoms with Crippen LogP contribution in [0.3, 0.4) is 0 Å². The van der Waals surface area contributed by atoms with Crippen molar-refractivity contribution in [1.29, 1.82) is 0 Å². The van der Waals surface area contributed by atoms with Crippen LogP contribution in [0.15, 0.2) is 30.6 Å². The van der Waals surface area contributed by atoms with Gasteiger partial charge >= 0.3 is 0 Å². The van der Waals surface area contributed by atoms with Gasteiger partial charge in [0.15, 0.2) is 5.82 Å². The fraction of sp³-hybridized carbons (Fsp3) is 0.519.